The first-order chi connectivity index (χ1) is 8.63. The largest absolute Gasteiger partial charge is 0.344 e. The molecule has 2 amide bonds. The van der Waals surface area contributed by atoms with Gasteiger partial charge in [0.25, 0.3) is 0 Å². The molecule has 100 valence electrons. The highest BCUT2D eigenvalue weighted by atomic mass is 16.2. The number of rotatable bonds is 1. The third-order valence-corrected chi connectivity index (χ3v) is 4.70. The molecule has 18 heavy (non-hydrogen) atoms. The Kier molecular flexibility index (Phi) is 3.01. The van der Waals surface area contributed by atoms with Crippen molar-refractivity contribution in [2.75, 3.05) is 13.1 Å². The van der Waals surface area contributed by atoms with Crippen LogP contribution in [0.5, 0.6) is 0 Å². The molecule has 2 aliphatic heterocycles. The standard InChI is InChI=1S/C13H21N3O2/c14-10-2-1-8-6-16(7-9(8)5-10)13(18)11-3-4-12(17)15-11/h8-11H,1-7,14H2,(H,15,17)/t8-,9+,10?,11+/m1/s1. The van der Waals surface area contributed by atoms with Crippen molar-refractivity contribution in [3.63, 3.8) is 0 Å². The van der Waals surface area contributed by atoms with Crippen LogP contribution in [-0.4, -0.2) is 41.9 Å². The minimum Gasteiger partial charge on any atom is -0.344 e. The first-order valence-electron chi connectivity index (χ1n) is 6.97. The second-order valence-electron chi connectivity index (χ2n) is 6.00. The molecule has 5 nitrogen and oxygen atoms in total. The molecule has 2 saturated heterocycles. The Hall–Kier alpha value is -1.10. The molecule has 1 aliphatic carbocycles. The van der Waals surface area contributed by atoms with Gasteiger partial charge in [0.05, 0.1) is 0 Å². The highest BCUT2D eigenvalue weighted by Gasteiger charge is 2.41. The van der Waals surface area contributed by atoms with E-state index in [0.717, 1.165) is 32.4 Å². The number of hydrogen-bond donors (Lipinski definition) is 2. The van der Waals surface area contributed by atoms with Crippen molar-refractivity contribution in [1.82, 2.24) is 10.2 Å². The number of carbonyl (C=O) groups excluding carboxylic acids is 2. The van der Waals surface area contributed by atoms with E-state index in [2.05, 4.69) is 5.32 Å². The number of fused-ring (bicyclic) bond motifs is 1. The normalized spacial score (nSPS) is 39.6. The molecule has 5 heteroatoms. The highest BCUT2D eigenvalue weighted by Crippen LogP contribution is 2.36. The first-order valence-corrected chi connectivity index (χ1v) is 6.97. The second kappa shape index (κ2) is 4.53. The lowest BCUT2D eigenvalue weighted by molar-refractivity contribution is -0.133. The summed E-state index contributed by atoms with van der Waals surface area (Å²) in [7, 11) is 0. The summed E-state index contributed by atoms with van der Waals surface area (Å²) in [5.74, 6) is 1.33. The minimum atomic E-state index is -0.272. The smallest absolute Gasteiger partial charge is 0.245 e. The lowest BCUT2D eigenvalue weighted by Crippen LogP contribution is -2.43. The highest BCUT2D eigenvalue weighted by molar-refractivity contribution is 5.90. The molecule has 2 heterocycles. The van der Waals surface area contributed by atoms with Crippen LogP contribution in [0.2, 0.25) is 0 Å². The van der Waals surface area contributed by atoms with E-state index in [1.54, 1.807) is 0 Å². The van der Waals surface area contributed by atoms with Gasteiger partial charge >= 0.3 is 0 Å². The third kappa shape index (κ3) is 2.11. The van der Waals surface area contributed by atoms with Gasteiger partial charge in [0.2, 0.25) is 11.8 Å². The Labute approximate surface area is 107 Å². The number of nitrogens with two attached hydrogens (primary N) is 1. The van der Waals surface area contributed by atoms with Crippen LogP contribution in [0.25, 0.3) is 0 Å². The maximum absolute atomic E-state index is 12.3. The predicted molar refractivity (Wildman–Crippen MR) is 66.6 cm³/mol. The molecule has 0 radical (unpaired) electrons. The maximum Gasteiger partial charge on any atom is 0.245 e. The Morgan fingerprint density at radius 3 is 2.72 bits per heavy atom. The Morgan fingerprint density at radius 1 is 1.22 bits per heavy atom. The Morgan fingerprint density at radius 2 is 2.00 bits per heavy atom. The molecule has 0 aromatic carbocycles. The van der Waals surface area contributed by atoms with Crippen molar-refractivity contribution in [3.8, 4) is 0 Å². The zero-order valence-corrected chi connectivity index (χ0v) is 10.6. The van der Waals surface area contributed by atoms with Gasteiger partial charge in [-0.25, -0.2) is 0 Å². The summed E-state index contributed by atoms with van der Waals surface area (Å²) in [6.45, 7) is 1.70. The van der Waals surface area contributed by atoms with E-state index in [1.165, 1.54) is 0 Å². The molecule has 1 saturated carbocycles. The molecule has 0 aromatic heterocycles. The first kappa shape index (κ1) is 12.0. The van der Waals surface area contributed by atoms with Crippen LogP contribution in [0.15, 0.2) is 0 Å². The number of likely N-dealkylation sites (tertiary alicyclic amines) is 1. The molecule has 3 fully saturated rings. The van der Waals surface area contributed by atoms with Crippen molar-refractivity contribution < 1.29 is 9.59 Å². The summed E-state index contributed by atoms with van der Waals surface area (Å²) >= 11 is 0. The van der Waals surface area contributed by atoms with Crippen molar-refractivity contribution in [2.24, 2.45) is 17.6 Å². The zero-order chi connectivity index (χ0) is 12.7. The number of nitrogens with one attached hydrogen (secondary N) is 1. The van der Waals surface area contributed by atoms with E-state index in [4.69, 9.17) is 5.73 Å². The fraction of sp³-hybridized carbons (Fsp3) is 0.846. The number of amides is 2. The van der Waals surface area contributed by atoms with Crippen LogP contribution in [0.3, 0.4) is 0 Å². The summed E-state index contributed by atoms with van der Waals surface area (Å²) in [6.07, 6.45) is 4.42. The van der Waals surface area contributed by atoms with Crippen LogP contribution in [-0.2, 0) is 9.59 Å². The van der Waals surface area contributed by atoms with E-state index in [0.29, 0.717) is 30.7 Å². The predicted octanol–water partition coefficient (Wildman–Crippen LogP) is -0.149. The Balaban J connectivity index is 1.61. The van der Waals surface area contributed by atoms with Gasteiger partial charge in [-0.05, 0) is 37.5 Å². The van der Waals surface area contributed by atoms with Crippen molar-refractivity contribution in [3.05, 3.63) is 0 Å². The van der Waals surface area contributed by atoms with Crippen LogP contribution in [0, 0.1) is 11.8 Å². The number of nitrogens with zero attached hydrogens (tertiary/aromatic N) is 1. The fourth-order valence-electron chi connectivity index (χ4n) is 3.67. The van der Waals surface area contributed by atoms with Gasteiger partial charge in [0.1, 0.15) is 6.04 Å². The monoisotopic (exact) mass is 251 g/mol. The van der Waals surface area contributed by atoms with Gasteiger partial charge in [0, 0.05) is 25.6 Å². The SMILES string of the molecule is NC1CC[C@@H]2CN(C(=O)[C@@H]3CCC(=O)N3)C[C@@H]2C1. The van der Waals surface area contributed by atoms with Gasteiger partial charge in [-0.15, -0.1) is 0 Å². The van der Waals surface area contributed by atoms with Crippen molar-refractivity contribution in [2.45, 2.75) is 44.2 Å². The van der Waals surface area contributed by atoms with E-state index >= 15 is 0 Å². The van der Waals surface area contributed by atoms with Crippen molar-refractivity contribution in [1.29, 1.82) is 0 Å². The molecule has 3 aliphatic rings. The van der Waals surface area contributed by atoms with Crippen LogP contribution in [0.4, 0.5) is 0 Å². The molecule has 0 spiro atoms. The average molecular weight is 251 g/mol. The summed E-state index contributed by atoms with van der Waals surface area (Å²) in [5, 5.41) is 2.77. The molecular weight excluding hydrogens is 230 g/mol. The fourth-order valence-corrected chi connectivity index (χ4v) is 3.67. The number of carbonyl (C=O) groups is 2. The third-order valence-electron chi connectivity index (χ3n) is 4.70. The molecular formula is C13H21N3O2. The Bertz CT molecular complexity index is 371. The van der Waals surface area contributed by atoms with Gasteiger partial charge in [-0.2, -0.15) is 0 Å². The maximum atomic E-state index is 12.3. The van der Waals surface area contributed by atoms with Crippen LogP contribution in [0.1, 0.15) is 32.1 Å². The average Bonchev–Trinajstić information content (AvgIpc) is 2.93. The van der Waals surface area contributed by atoms with E-state index < -0.39 is 0 Å². The summed E-state index contributed by atoms with van der Waals surface area (Å²) in [5.41, 5.74) is 5.99. The molecule has 3 N–H and O–H groups in total. The van der Waals surface area contributed by atoms with E-state index in [9.17, 15) is 9.59 Å². The zero-order valence-electron chi connectivity index (χ0n) is 10.6. The topological polar surface area (TPSA) is 75.4 Å². The van der Waals surface area contributed by atoms with E-state index in [1.807, 2.05) is 4.90 Å². The van der Waals surface area contributed by atoms with E-state index in [-0.39, 0.29) is 17.9 Å². The van der Waals surface area contributed by atoms with Crippen LogP contribution >= 0.6 is 0 Å². The van der Waals surface area contributed by atoms with Gasteiger partial charge in [0.15, 0.2) is 0 Å². The minimum absolute atomic E-state index is 0.00647. The molecule has 3 rings (SSSR count). The summed E-state index contributed by atoms with van der Waals surface area (Å²) in [4.78, 5) is 25.4. The van der Waals surface area contributed by atoms with Gasteiger partial charge in [-0.3, -0.25) is 9.59 Å². The number of hydrogen-bond acceptors (Lipinski definition) is 3. The molecule has 0 aromatic rings. The lowest BCUT2D eigenvalue weighted by Gasteiger charge is -2.27. The molecule has 0 bridgehead atoms. The van der Waals surface area contributed by atoms with Crippen LogP contribution < -0.4 is 11.1 Å². The van der Waals surface area contributed by atoms with Gasteiger partial charge < -0.3 is 16.0 Å². The second-order valence-corrected chi connectivity index (χ2v) is 6.00. The van der Waals surface area contributed by atoms with Gasteiger partial charge in [-0.1, -0.05) is 0 Å². The molecule has 4 atom stereocenters. The summed E-state index contributed by atoms with van der Waals surface area (Å²) < 4.78 is 0. The quantitative estimate of drug-likeness (QED) is 0.680. The lowest BCUT2D eigenvalue weighted by atomic mass is 9.79. The van der Waals surface area contributed by atoms with Crippen molar-refractivity contribution >= 4 is 11.8 Å². The molecule has 1 unspecified atom stereocenters. The summed E-state index contributed by atoms with van der Waals surface area (Å²) in [6, 6.07) is 0.0406.